The number of Topliss-reactive ketones (excluding diaryl/α,β-unsaturated/α-hetero) is 1. The molecule has 2 amide bonds. The molecule has 0 saturated heterocycles. The molecular formula is C20H21BrN2O3S. The fourth-order valence-electron chi connectivity index (χ4n) is 2.40. The summed E-state index contributed by atoms with van der Waals surface area (Å²) in [7, 11) is 0. The Morgan fingerprint density at radius 2 is 1.74 bits per heavy atom. The monoisotopic (exact) mass is 448 g/mol. The van der Waals surface area contributed by atoms with Crippen molar-refractivity contribution in [2.24, 2.45) is 0 Å². The van der Waals surface area contributed by atoms with E-state index in [-0.39, 0.29) is 17.6 Å². The first kappa shape index (κ1) is 21.2. The molecule has 1 unspecified atom stereocenters. The zero-order valence-corrected chi connectivity index (χ0v) is 17.5. The van der Waals surface area contributed by atoms with Crippen molar-refractivity contribution in [2.75, 3.05) is 17.3 Å². The fourth-order valence-corrected chi connectivity index (χ4v) is 3.34. The number of halogens is 1. The molecule has 0 spiro atoms. The number of carbonyl (C=O) groups excluding carboxylic acids is 3. The highest BCUT2D eigenvalue weighted by Gasteiger charge is 2.22. The first-order chi connectivity index (χ1) is 12.9. The predicted octanol–water partition coefficient (Wildman–Crippen LogP) is 4.14. The van der Waals surface area contributed by atoms with Crippen molar-refractivity contribution in [3.8, 4) is 0 Å². The van der Waals surface area contributed by atoms with Crippen LogP contribution < -0.4 is 10.6 Å². The van der Waals surface area contributed by atoms with Crippen LogP contribution in [0.4, 0.5) is 5.69 Å². The molecule has 0 bridgehead atoms. The molecule has 0 heterocycles. The summed E-state index contributed by atoms with van der Waals surface area (Å²) in [5.74, 6) is 0.0968. The predicted molar refractivity (Wildman–Crippen MR) is 113 cm³/mol. The summed E-state index contributed by atoms with van der Waals surface area (Å²) < 4.78 is 0.673. The van der Waals surface area contributed by atoms with Crippen LogP contribution in [0.2, 0.25) is 0 Å². The third-order valence-electron chi connectivity index (χ3n) is 3.91. The lowest BCUT2D eigenvalue weighted by atomic mass is 10.1. The minimum Gasteiger partial charge on any atom is -0.340 e. The average Bonchev–Trinajstić information content (AvgIpc) is 2.65. The molecule has 142 valence electrons. The van der Waals surface area contributed by atoms with Crippen molar-refractivity contribution in [1.29, 1.82) is 0 Å². The summed E-state index contributed by atoms with van der Waals surface area (Å²) in [6.45, 7) is 1.49. The minimum absolute atomic E-state index is 0.0357. The van der Waals surface area contributed by atoms with Gasteiger partial charge in [-0.15, -0.1) is 0 Å². The van der Waals surface area contributed by atoms with Crippen molar-refractivity contribution >= 4 is 51.0 Å². The van der Waals surface area contributed by atoms with Gasteiger partial charge in [0.15, 0.2) is 5.78 Å². The van der Waals surface area contributed by atoms with E-state index in [2.05, 4.69) is 26.6 Å². The van der Waals surface area contributed by atoms with E-state index in [9.17, 15) is 14.4 Å². The average molecular weight is 449 g/mol. The molecule has 0 aliphatic heterocycles. The van der Waals surface area contributed by atoms with Gasteiger partial charge >= 0.3 is 0 Å². The minimum atomic E-state index is -0.662. The standard InChI is InChI=1S/C20H21BrN2O3S/c1-13(24)14-7-9-15(10-8-14)22-20(26)18(11-12-27-2)23-19(25)16-5-3-4-6-17(16)21/h3-10,18H,11-12H2,1-2H3,(H,22,26)(H,23,25). The number of thioether (sulfide) groups is 1. The van der Waals surface area contributed by atoms with Crippen molar-refractivity contribution in [3.63, 3.8) is 0 Å². The lowest BCUT2D eigenvalue weighted by molar-refractivity contribution is -0.118. The van der Waals surface area contributed by atoms with E-state index in [0.717, 1.165) is 5.75 Å². The summed E-state index contributed by atoms with van der Waals surface area (Å²) in [5.41, 5.74) is 1.63. The molecule has 2 rings (SSSR count). The molecule has 7 heteroatoms. The lowest BCUT2D eigenvalue weighted by Gasteiger charge is -2.18. The van der Waals surface area contributed by atoms with Crippen LogP contribution in [-0.4, -0.2) is 35.6 Å². The summed E-state index contributed by atoms with van der Waals surface area (Å²) >= 11 is 4.96. The zero-order valence-electron chi connectivity index (χ0n) is 15.1. The van der Waals surface area contributed by atoms with Gasteiger partial charge in [-0.2, -0.15) is 11.8 Å². The molecule has 0 aliphatic rings. The van der Waals surface area contributed by atoms with Gasteiger partial charge in [-0.1, -0.05) is 12.1 Å². The van der Waals surface area contributed by atoms with Gasteiger partial charge in [0.05, 0.1) is 5.56 Å². The van der Waals surface area contributed by atoms with Gasteiger partial charge in [0.25, 0.3) is 5.91 Å². The van der Waals surface area contributed by atoms with Crippen LogP contribution in [0.5, 0.6) is 0 Å². The number of nitrogens with one attached hydrogen (secondary N) is 2. The molecule has 2 aromatic rings. The largest absolute Gasteiger partial charge is 0.340 e. The molecule has 0 fully saturated rings. The van der Waals surface area contributed by atoms with Crippen molar-refractivity contribution in [2.45, 2.75) is 19.4 Å². The fraction of sp³-hybridized carbons (Fsp3) is 0.250. The topological polar surface area (TPSA) is 75.3 Å². The maximum Gasteiger partial charge on any atom is 0.253 e. The van der Waals surface area contributed by atoms with E-state index in [4.69, 9.17) is 0 Å². The number of anilines is 1. The maximum atomic E-state index is 12.7. The third kappa shape index (κ3) is 6.22. The van der Waals surface area contributed by atoms with Crippen LogP contribution in [0.1, 0.15) is 34.1 Å². The molecule has 0 saturated carbocycles. The Morgan fingerprint density at radius 1 is 1.07 bits per heavy atom. The molecular weight excluding hydrogens is 428 g/mol. The van der Waals surface area contributed by atoms with Gasteiger partial charge in [0, 0.05) is 15.7 Å². The zero-order chi connectivity index (χ0) is 19.8. The van der Waals surface area contributed by atoms with Crippen LogP contribution in [0.15, 0.2) is 53.0 Å². The van der Waals surface area contributed by atoms with E-state index >= 15 is 0 Å². The number of ketones is 1. The van der Waals surface area contributed by atoms with Gasteiger partial charge in [-0.3, -0.25) is 14.4 Å². The SMILES string of the molecule is CSCCC(NC(=O)c1ccccc1Br)C(=O)Nc1ccc(C(C)=O)cc1. The number of hydrogen-bond acceptors (Lipinski definition) is 4. The molecule has 2 N–H and O–H groups in total. The van der Waals surface area contributed by atoms with E-state index in [0.29, 0.717) is 27.7 Å². The number of rotatable bonds is 8. The van der Waals surface area contributed by atoms with Crippen LogP contribution in [0.25, 0.3) is 0 Å². The summed E-state index contributed by atoms with van der Waals surface area (Å²) in [4.78, 5) is 36.6. The maximum absolute atomic E-state index is 12.7. The molecule has 5 nitrogen and oxygen atoms in total. The number of carbonyl (C=O) groups is 3. The van der Waals surface area contributed by atoms with E-state index < -0.39 is 6.04 Å². The van der Waals surface area contributed by atoms with E-state index in [1.54, 1.807) is 54.2 Å². The lowest BCUT2D eigenvalue weighted by Crippen LogP contribution is -2.44. The summed E-state index contributed by atoms with van der Waals surface area (Å²) in [6.07, 6.45) is 2.46. The Bertz CT molecular complexity index is 824. The quantitative estimate of drug-likeness (QED) is 0.594. The smallest absolute Gasteiger partial charge is 0.253 e. The second-order valence-corrected chi connectivity index (χ2v) is 7.75. The van der Waals surface area contributed by atoms with Gasteiger partial charge < -0.3 is 10.6 Å². The first-order valence-corrected chi connectivity index (χ1v) is 10.6. The van der Waals surface area contributed by atoms with E-state index in [1.807, 2.05) is 12.3 Å². The van der Waals surface area contributed by atoms with Crippen molar-refractivity contribution < 1.29 is 14.4 Å². The molecule has 1 atom stereocenters. The Balaban J connectivity index is 2.09. The third-order valence-corrected chi connectivity index (χ3v) is 5.25. The highest BCUT2D eigenvalue weighted by atomic mass is 79.9. The van der Waals surface area contributed by atoms with Crippen molar-refractivity contribution in [3.05, 3.63) is 64.1 Å². The number of hydrogen-bond donors (Lipinski definition) is 2. The summed E-state index contributed by atoms with van der Waals surface area (Å²) in [6, 6.07) is 13.1. The molecule has 0 aliphatic carbocycles. The highest BCUT2D eigenvalue weighted by Crippen LogP contribution is 2.17. The molecule has 27 heavy (non-hydrogen) atoms. The van der Waals surface area contributed by atoms with E-state index in [1.165, 1.54) is 6.92 Å². The van der Waals surface area contributed by atoms with Crippen molar-refractivity contribution in [1.82, 2.24) is 5.32 Å². The molecule has 2 aromatic carbocycles. The second-order valence-electron chi connectivity index (χ2n) is 5.91. The highest BCUT2D eigenvalue weighted by molar-refractivity contribution is 9.10. The Hall–Kier alpha value is -2.12. The first-order valence-electron chi connectivity index (χ1n) is 8.38. The number of amides is 2. The van der Waals surface area contributed by atoms with Gasteiger partial charge in [-0.25, -0.2) is 0 Å². The van der Waals surface area contributed by atoms with Gasteiger partial charge in [-0.05, 0) is 77.7 Å². The second kappa shape index (κ2) is 10.3. The van der Waals surface area contributed by atoms with Crippen LogP contribution >= 0.6 is 27.7 Å². The molecule has 0 aromatic heterocycles. The van der Waals surface area contributed by atoms with Crippen LogP contribution in [0, 0.1) is 0 Å². The Morgan fingerprint density at radius 3 is 2.33 bits per heavy atom. The Labute approximate surface area is 171 Å². The van der Waals surface area contributed by atoms with Crippen LogP contribution in [0.3, 0.4) is 0 Å². The van der Waals surface area contributed by atoms with Crippen LogP contribution in [-0.2, 0) is 4.79 Å². The normalized spacial score (nSPS) is 11.5. The molecule has 0 radical (unpaired) electrons. The summed E-state index contributed by atoms with van der Waals surface area (Å²) in [5, 5.41) is 5.61. The Kier molecular flexibility index (Phi) is 8.06. The van der Waals surface area contributed by atoms with Gasteiger partial charge in [0.1, 0.15) is 6.04 Å². The van der Waals surface area contributed by atoms with Gasteiger partial charge in [0.2, 0.25) is 5.91 Å². The number of benzene rings is 2.